The Balaban J connectivity index is 1.32. The molecule has 0 radical (unpaired) electrons. The predicted octanol–water partition coefficient (Wildman–Crippen LogP) is 13.0. The van der Waals surface area contributed by atoms with Crippen LogP contribution in [0.3, 0.4) is 0 Å². The normalized spacial score (nSPS) is 15.2. The van der Waals surface area contributed by atoms with Crippen LogP contribution in [-0.4, -0.2) is 23.8 Å². The molecule has 0 atom stereocenters. The maximum absolute atomic E-state index is 10.6. The van der Waals surface area contributed by atoms with Crippen molar-refractivity contribution >= 4 is 12.9 Å². The van der Waals surface area contributed by atoms with Crippen molar-refractivity contribution in [2.75, 3.05) is 0 Å². The Morgan fingerprint density at radius 2 is 1.02 bits per heavy atom. The highest BCUT2D eigenvalue weighted by Crippen LogP contribution is 2.55. The van der Waals surface area contributed by atoms with Gasteiger partial charge in [-0.3, -0.25) is 0 Å². The van der Waals surface area contributed by atoms with Crippen LogP contribution in [0.15, 0.2) is 78.9 Å². The molecule has 2 aliphatic rings. The van der Waals surface area contributed by atoms with Crippen molar-refractivity contribution in [1.82, 2.24) is 0 Å². The number of hydrogen-bond donors (Lipinski definition) is 1. The van der Waals surface area contributed by atoms with E-state index in [4.69, 9.17) is 4.65 Å². The Labute approximate surface area is 323 Å². The molecule has 0 spiro atoms. The van der Waals surface area contributed by atoms with Crippen molar-refractivity contribution in [3.8, 4) is 33.4 Å². The van der Waals surface area contributed by atoms with Crippen LogP contribution in [-0.2, 0) is 15.5 Å². The van der Waals surface area contributed by atoms with Gasteiger partial charge in [-0.15, -0.1) is 0 Å². The monoisotopic (exact) mass is 711 g/mol. The molecule has 282 valence electrons. The summed E-state index contributed by atoms with van der Waals surface area (Å²) in [4.78, 5) is 0. The Morgan fingerprint density at radius 3 is 1.60 bits per heavy atom. The van der Waals surface area contributed by atoms with Gasteiger partial charge in [-0.1, -0.05) is 177 Å². The molecule has 4 aromatic carbocycles. The average molecular weight is 711 g/mol. The molecule has 3 heteroatoms. The maximum Gasteiger partial charge on any atom is 0.309 e. The largest absolute Gasteiger partial charge is 0.427 e. The maximum atomic E-state index is 10.6. The second-order valence-corrected chi connectivity index (χ2v) is 18.0. The van der Waals surface area contributed by atoms with Crippen LogP contribution in [0.4, 0.5) is 0 Å². The summed E-state index contributed by atoms with van der Waals surface area (Å²) >= 11 is 0. The molecule has 0 heterocycles. The fraction of sp³-hybridized carbons (Fsp3) is 0.520. The van der Waals surface area contributed by atoms with Crippen LogP contribution in [0.2, 0.25) is 0 Å². The fourth-order valence-electron chi connectivity index (χ4n) is 9.21. The zero-order valence-corrected chi connectivity index (χ0v) is 34.5. The van der Waals surface area contributed by atoms with E-state index >= 15 is 0 Å². The van der Waals surface area contributed by atoms with Crippen LogP contribution in [0.25, 0.3) is 33.4 Å². The van der Waals surface area contributed by atoms with Gasteiger partial charge in [0.25, 0.3) is 0 Å². The summed E-state index contributed by atoms with van der Waals surface area (Å²) in [6, 6.07) is 30.8. The summed E-state index contributed by atoms with van der Waals surface area (Å²) in [6.45, 7) is 16.9. The first-order valence-corrected chi connectivity index (χ1v) is 21.2. The third kappa shape index (κ3) is 7.99. The molecule has 53 heavy (non-hydrogen) atoms. The SMILES string of the molecule is CCCCCCCCC1(CCCCCCCC)c2ccccc2-c2ccc(-c3ccc4c(c3)C(C)(C)c3cc(BOC(C)(C)C(C)(C)O)ccc3-4)cc21. The number of fused-ring (bicyclic) bond motifs is 6. The van der Waals surface area contributed by atoms with Gasteiger partial charge in [0.05, 0.1) is 11.2 Å². The zero-order chi connectivity index (χ0) is 37.9. The van der Waals surface area contributed by atoms with E-state index < -0.39 is 11.2 Å². The highest BCUT2D eigenvalue weighted by molar-refractivity contribution is 6.47. The summed E-state index contributed by atoms with van der Waals surface area (Å²) in [5, 5.41) is 10.6. The Hall–Kier alpha value is -3.14. The standard InChI is InChI=1S/C50H67BO2/c1-9-11-13-15-17-21-31-50(32-22-18-16-14-12-10-2)43-24-20-19-23-39(43)42-29-26-37(34-46(42)50)36-25-28-40-41-30-27-38(51-53-49(7,8)48(5,6)52)35-45(41)47(3,4)44(40)33-36/h19-20,23-30,33-35,51-52H,9-18,21-22,31-32H2,1-8H3. The molecule has 0 fully saturated rings. The van der Waals surface area contributed by atoms with E-state index in [2.05, 4.69) is 107 Å². The molecular weight excluding hydrogens is 643 g/mol. The molecule has 2 nitrogen and oxygen atoms in total. The topological polar surface area (TPSA) is 29.5 Å². The second kappa shape index (κ2) is 16.3. The third-order valence-corrected chi connectivity index (χ3v) is 13.3. The minimum atomic E-state index is -0.932. The highest BCUT2D eigenvalue weighted by Gasteiger charge is 2.43. The van der Waals surface area contributed by atoms with Crippen molar-refractivity contribution < 1.29 is 9.76 Å². The van der Waals surface area contributed by atoms with E-state index in [0.717, 1.165) is 5.46 Å². The van der Waals surface area contributed by atoms with E-state index in [1.807, 2.05) is 27.7 Å². The lowest BCUT2D eigenvalue weighted by molar-refractivity contribution is -0.0893. The number of aliphatic hydroxyl groups is 1. The van der Waals surface area contributed by atoms with Crippen LogP contribution in [0.1, 0.15) is 168 Å². The van der Waals surface area contributed by atoms with Crippen molar-refractivity contribution in [1.29, 1.82) is 0 Å². The molecular formula is C50H67BO2. The molecule has 0 saturated heterocycles. The summed E-state index contributed by atoms with van der Waals surface area (Å²) in [7, 11) is 0.471. The van der Waals surface area contributed by atoms with Gasteiger partial charge in [0.2, 0.25) is 0 Å². The van der Waals surface area contributed by atoms with Crippen molar-refractivity contribution in [2.24, 2.45) is 0 Å². The summed E-state index contributed by atoms with van der Waals surface area (Å²) in [5.41, 5.74) is 13.6. The highest BCUT2D eigenvalue weighted by atomic mass is 16.5. The van der Waals surface area contributed by atoms with E-state index in [0.29, 0.717) is 7.48 Å². The third-order valence-electron chi connectivity index (χ3n) is 13.3. The zero-order valence-electron chi connectivity index (χ0n) is 34.5. The molecule has 0 aliphatic heterocycles. The van der Waals surface area contributed by atoms with E-state index in [1.54, 1.807) is 11.1 Å². The minimum Gasteiger partial charge on any atom is -0.427 e. The number of unbranched alkanes of at least 4 members (excludes halogenated alkanes) is 10. The van der Waals surface area contributed by atoms with Gasteiger partial charge in [-0.25, -0.2) is 0 Å². The molecule has 1 N–H and O–H groups in total. The minimum absolute atomic E-state index is 0.0853. The van der Waals surface area contributed by atoms with Crippen molar-refractivity contribution in [2.45, 2.75) is 167 Å². The lowest BCUT2D eigenvalue weighted by Crippen LogP contribution is -2.49. The second-order valence-electron chi connectivity index (χ2n) is 18.0. The fourth-order valence-corrected chi connectivity index (χ4v) is 9.21. The quantitative estimate of drug-likeness (QED) is 0.0775. The molecule has 0 unspecified atom stereocenters. The van der Waals surface area contributed by atoms with Crippen LogP contribution >= 0.6 is 0 Å². The van der Waals surface area contributed by atoms with Gasteiger partial charge in [0.1, 0.15) is 0 Å². The average Bonchev–Trinajstić information content (AvgIpc) is 3.54. The Morgan fingerprint density at radius 1 is 0.547 bits per heavy atom. The van der Waals surface area contributed by atoms with E-state index in [1.165, 1.54) is 134 Å². The summed E-state index contributed by atoms with van der Waals surface area (Å²) in [5.74, 6) is 0. The number of hydrogen-bond acceptors (Lipinski definition) is 2. The van der Waals surface area contributed by atoms with Gasteiger partial charge in [0, 0.05) is 10.8 Å². The Bertz CT molecular complexity index is 1840. The van der Waals surface area contributed by atoms with Gasteiger partial charge in [-0.05, 0) is 108 Å². The van der Waals surface area contributed by atoms with Gasteiger partial charge in [0.15, 0.2) is 0 Å². The lowest BCUT2D eigenvalue weighted by Gasteiger charge is -2.37. The molecule has 6 rings (SSSR count). The molecule has 0 aromatic heterocycles. The van der Waals surface area contributed by atoms with Gasteiger partial charge in [-0.2, -0.15) is 0 Å². The first-order valence-electron chi connectivity index (χ1n) is 21.2. The summed E-state index contributed by atoms with van der Waals surface area (Å²) < 4.78 is 6.28. The van der Waals surface area contributed by atoms with Crippen molar-refractivity contribution in [3.63, 3.8) is 0 Å². The van der Waals surface area contributed by atoms with Gasteiger partial charge >= 0.3 is 7.48 Å². The predicted molar refractivity (Wildman–Crippen MR) is 230 cm³/mol. The van der Waals surface area contributed by atoms with Gasteiger partial charge < -0.3 is 9.76 Å². The summed E-state index contributed by atoms with van der Waals surface area (Å²) in [6.07, 6.45) is 18.5. The smallest absolute Gasteiger partial charge is 0.309 e. The molecule has 0 bridgehead atoms. The number of rotatable bonds is 19. The molecule has 0 amide bonds. The molecule has 4 aromatic rings. The lowest BCUT2D eigenvalue weighted by atomic mass is 9.70. The van der Waals surface area contributed by atoms with Crippen LogP contribution in [0.5, 0.6) is 0 Å². The van der Waals surface area contributed by atoms with Crippen LogP contribution < -0.4 is 5.46 Å². The van der Waals surface area contributed by atoms with E-state index in [9.17, 15) is 5.11 Å². The number of benzene rings is 4. The van der Waals surface area contributed by atoms with E-state index in [-0.39, 0.29) is 10.8 Å². The Kier molecular flexibility index (Phi) is 12.2. The molecule has 0 saturated carbocycles. The van der Waals surface area contributed by atoms with Crippen molar-refractivity contribution in [3.05, 3.63) is 101 Å². The first-order chi connectivity index (χ1) is 25.3. The molecule has 2 aliphatic carbocycles. The van der Waals surface area contributed by atoms with Crippen LogP contribution in [0, 0.1) is 0 Å². The first kappa shape index (κ1) is 39.6.